The van der Waals surface area contributed by atoms with Crippen LogP contribution < -0.4 is 25.5 Å². The van der Waals surface area contributed by atoms with E-state index in [0.29, 0.717) is 46.5 Å². The number of methoxy groups -OCH3 is 1. The summed E-state index contributed by atoms with van der Waals surface area (Å²) in [6.45, 7) is 3.47. The second-order valence-corrected chi connectivity index (χ2v) is 9.45. The molecule has 1 aliphatic heterocycles. The van der Waals surface area contributed by atoms with Gasteiger partial charge in [0, 0.05) is 23.4 Å². The number of nitrogens with zero attached hydrogens (tertiary/aromatic N) is 2. The Labute approximate surface area is 250 Å². The smallest absolute Gasteiger partial charge is 0.337 e. The van der Waals surface area contributed by atoms with Gasteiger partial charge in [0.15, 0.2) is 17.7 Å². The molecule has 0 spiro atoms. The Balaban J connectivity index is 1.40. The molecular formula is C28H28ClN5O9. The molecule has 0 bridgehead atoms. The molecule has 0 aliphatic carbocycles. The number of allylic oxidation sites excluding steroid dienone is 1. The van der Waals surface area contributed by atoms with E-state index in [4.69, 9.17) is 30.2 Å². The zero-order valence-corrected chi connectivity index (χ0v) is 24.0. The Bertz CT molecular complexity index is 1590. The van der Waals surface area contributed by atoms with Crippen LogP contribution in [0.5, 0.6) is 11.5 Å². The quantitative estimate of drug-likeness (QED) is 0.0763. The molecule has 226 valence electrons. The summed E-state index contributed by atoms with van der Waals surface area (Å²) in [5.74, 6) is 0.641. The fourth-order valence-electron chi connectivity index (χ4n) is 4.19. The third-order valence-corrected chi connectivity index (χ3v) is 6.47. The number of hydrogen-bond acceptors (Lipinski definition) is 11. The molecule has 1 aromatic heterocycles. The number of furan rings is 1. The molecule has 0 fully saturated rings. The second kappa shape index (κ2) is 13.7. The predicted molar refractivity (Wildman–Crippen MR) is 155 cm³/mol. The lowest BCUT2D eigenvalue weighted by Gasteiger charge is -2.28. The van der Waals surface area contributed by atoms with Crippen molar-refractivity contribution in [1.29, 1.82) is 0 Å². The number of nitrogens with one attached hydrogen (secondary N) is 3. The number of esters is 1. The van der Waals surface area contributed by atoms with Crippen molar-refractivity contribution in [3.63, 3.8) is 0 Å². The molecule has 2 aromatic carbocycles. The van der Waals surface area contributed by atoms with Crippen molar-refractivity contribution < 1.29 is 38.2 Å². The Morgan fingerprint density at radius 1 is 1.23 bits per heavy atom. The van der Waals surface area contributed by atoms with E-state index in [1.54, 1.807) is 44.2 Å². The first-order valence-electron chi connectivity index (χ1n) is 12.9. The molecule has 2 heterocycles. The highest BCUT2D eigenvalue weighted by molar-refractivity contribution is 6.33. The van der Waals surface area contributed by atoms with Gasteiger partial charge in [-0.25, -0.2) is 9.59 Å². The van der Waals surface area contributed by atoms with E-state index in [-0.39, 0.29) is 22.9 Å². The number of nitro groups is 1. The van der Waals surface area contributed by atoms with Gasteiger partial charge in [-0.15, -0.1) is 0 Å². The lowest BCUT2D eigenvalue weighted by atomic mass is 9.95. The number of hydrazone groups is 1. The van der Waals surface area contributed by atoms with Crippen LogP contribution in [0.25, 0.3) is 11.3 Å². The van der Waals surface area contributed by atoms with Crippen LogP contribution in [0.15, 0.2) is 69.3 Å². The topological polar surface area (TPSA) is 187 Å². The van der Waals surface area contributed by atoms with Gasteiger partial charge in [0.25, 0.3) is 5.69 Å². The largest absolute Gasteiger partial charge is 0.490 e. The molecule has 0 saturated carbocycles. The third kappa shape index (κ3) is 7.42. The molecule has 3 aromatic rings. The average molecular weight is 614 g/mol. The molecule has 4 rings (SSSR count). The van der Waals surface area contributed by atoms with Gasteiger partial charge in [-0.1, -0.05) is 17.7 Å². The van der Waals surface area contributed by atoms with Crippen LogP contribution in [-0.2, 0) is 9.53 Å². The molecule has 0 saturated heterocycles. The zero-order valence-electron chi connectivity index (χ0n) is 23.3. The van der Waals surface area contributed by atoms with Crippen molar-refractivity contribution in [1.82, 2.24) is 16.1 Å². The maximum Gasteiger partial charge on any atom is 0.337 e. The van der Waals surface area contributed by atoms with Crippen molar-refractivity contribution in [2.24, 2.45) is 5.10 Å². The summed E-state index contributed by atoms with van der Waals surface area (Å²) in [4.78, 5) is 35.1. The summed E-state index contributed by atoms with van der Waals surface area (Å²) in [5.41, 5.74) is 3.89. The van der Waals surface area contributed by atoms with E-state index in [1.807, 2.05) is 0 Å². The fourth-order valence-corrected chi connectivity index (χ4v) is 4.40. The number of non-ortho nitro benzene ring substituents is 1. The highest BCUT2D eigenvalue weighted by atomic mass is 35.5. The highest BCUT2D eigenvalue weighted by Gasteiger charge is 2.32. The van der Waals surface area contributed by atoms with Gasteiger partial charge >= 0.3 is 12.0 Å². The number of amides is 2. The molecule has 15 heteroatoms. The minimum Gasteiger partial charge on any atom is -0.490 e. The van der Waals surface area contributed by atoms with E-state index in [2.05, 4.69) is 21.2 Å². The van der Waals surface area contributed by atoms with Crippen LogP contribution in [0.3, 0.4) is 0 Å². The third-order valence-electron chi connectivity index (χ3n) is 6.14. The number of ether oxygens (including phenoxy) is 3. The number of halogens is 1. The van der Waals surface area contributed by atoms with Gasteiger partial charge in [0.1, 0.15) is 18.1 Å². The van der Waals surface area contributed by atoms with E-state index < -0.39 is 29.2 Å². The van der Waals surface area contributed by atoms with Crippen LogP contribution in [0.1, 0.15) is 31.2 Å². The summed E-state index contributed by atoms with van der Waals surface area (Å²) in [6, 6.07) is 10.8. The number of carbonyl (C=O) groups excluding carboxylic acids is 2. The fraction of sp³-hybridized carbons (Fsp3) is 0.250. The molecule has 2 amide bonds. The first kappa shape index (κ1) is 30.9. The Morgan fingerprint density at radius 2 is 2.02 bits per heavy atom. The van der Waals surface area contributed by atoms with Crippen LogP contribution >= 0.6 is 11.6 Å². The Hall–Kier alpha value is -5.08. The summed E-state index contributed by atoms with van der Waals surface area (Å²) < 4.78 is 22.0. The number of rotatable bonds is 12. The number of aliphatic hydroxyl groups is 1. The summed E-state index contributed by atoms with van der Waals surface area (Å²) >= 11 is 6.17. The molecule has 1 aliphatic rings. The Kier molecular flexibility index (Phi) is 9.85. The molecule has 0 radical (unpaired) electrons. The lowest BCUT2D eigenvalue weighted by Crippen LogP contribution is -2.45. The van der Waals surface area contributed by atoms with Gasteiger partial charge in [-0.05, 0) is 49.7 Å². The monoisotopic (exact) mass is 613 g/mol. The minimum atomic E-state index is -1.23. The molecule has 4 N–H and O–H groups in total. The number of nitro benzene ring substituents is 1. The van der Waals surface area contributed by atoms with E-state index in [0.717, 1.165) is 0 Å². The number of hydrogen-bond donors (Lipinski definition) is 4. The number of urea groups is 1. The van der Waals surface area contributed by atoms with Crippen LogP contribution in [0, 0.1) is 10.1 Å². The molecule has 0 unspecified atom stereocenters. The van der Waals surface area contributed by atoms with Crippen molar-refractivity contribution in [2.45, 2.75) is 26.1 Å². The molecule has 2 atom stereocenters. The van der Waals surface area contributed by atoms with Gasteiger partial charge in [-0.3, -0.25) is 15.5 Å². The van der Waals surface area contributed by atoms with Crippen molar-refractivity contribution in [3.05, 3.63) is 86.3 Å². The van der Waals surface area contributed by atoms with Gasteiger partial charge in [0.2, 0.25) is 0 Å². The van der Waals surface area contributed by atoms with E-state index >= 15 is 0 Å². The Morgan fingerprint density at radius 3 is 2.74 bits per heavy atom. The van der Waals surface area contributed by atoms with E-state index in [1.165, 1.54) is 31.5 Å². The normalized spacial score (nSPS) is 15.5. The second-order valence-electron chi connectivity index (χ2n) is 9.04. The SMILES string of the molecule is CCOc1cc([C@@H]2NC(=O)NC(C)=C2C(=O)OC)ccc1OC[C@H](O)N/N=C\c1ccc(-c2cc([N+](=O)[O-])ccc2Cl)o1. The van der Waals surface area contributed by atoms with Crippen molar-refractivity contribution >= 4 is 35.5 Å². The zero-order chi connectivity index (χ0) is 31.1. The first-order chi connectivity index (χ1) is 20.6. The lowest BCUT2D eigenvalue weighted by molar-refractivity contribution is -0.384. The van der Waals surface area contributed by atoms with Crippen LogP contribution in [0.4, 0.5) is 10.5 Å². The van der Waals surface area contributed by atoms with Gasteiger partial charge in [-0.2, -0.15) is 5.10 Å². The minimum absolute atomic E-state index is 0.131. The molecule has 43 heavy (non-hydrogen) atoms. The number of aliphatic hydroxyl groups excluding tert-OH is 1. The van der Waals surface area contributed by atoms with Crippen molar-refractivity contribution in [2.75, 3.05) is 20.3 Å². The predicted octanol–water partition coefficient (Wildman–Crippen LogP) is 4.03. The van der Waals surface area contributed by atoms with Gasteiger partial charge < -0.3 is 34.4 Å². The van der Waals surface area contributed by atoms with Gasteiger partial charge in [0.05, 0.1) is 41.5 Å². The summed E-state index contributed by atoms with van der Waals surface area (Å²) in [6.07, 6.45) is 0.0754. The highest BCUT2D eigenvalue weighted by Crippen LogP contribution is 2.35. The summed E-state index contributed by atoms with van der Waals surface area (Å²) in [7, 11) is 1.25. The molecular weight excluding hydrogens is 586 g/mol. The first-order valence-corrected chi connectivity index (χ1v) is 13.3. The standard InChI is InChI=1S/C28H28ClN5O9/c1-4-41-23-11-16(26-25(27(36)40-3)15(2)31-28(37)32-26)5-9-22(23)42-14-24(35)33-30-13-18-7-10-21(43-18)19-12-17(34(38)39)6-8-20(19)29/h5-13,24,26,33,35H,4,14H2,1-3H3,(H2,31,32,37)/b30-13-/t24-,26-/m0/s1. The maximum absolute atomic E-state index is 12.4. The summed E-state index contributed by atoms with van der Waals surface area (Å²) in [5, 5.41) is 30.9. The number of benzene rings is 2. The molecule has 14 nitrogen and oxygen atoms in total. The average Bonchev–Trinajstić information content (AvgIpc) is 3.44. The van der Waals surface area contributed by atoms with Crippen LogP contribution in [-0.4, -0.2) is 54.8 Å². The van der Waals surface area contributed by atoms with E-state index in [9.17, 15) is 24.8 Å². The van der Waals surface area contributed by atoms with Crippen molar-refractivity contribution in [3.8, 4) is 22.8 Å². The number of carbonyl (C=O) groups is 2. The maximum atomic E-state index is 12.4. The van der Waals surface area contributed by atoms with Crippen LogP contribution in [0.2, 0.25) is 5.02 Å².